The first-order chi connectivity index (χ1) is 16.7. The molecule has 1 aromatic carbocycles. The van der Waals surface area contributed by atoms with Crippen LogP contribution in [0.2, 0.25) is 0 Å². The van der Waals surface area contributed by atoms with Crippen LogP contribution in [0.15, 0.2) is 53.8 Å². The third kappa shape index (κ3) is 4.80. The maximum Gasteiger partial charge on any atom is 0.419 e. The second-order valence-electron chi connectivity index (χ2n) is 8.95. The molecule has 10 heteroatoms. The van der Waals surface area contributed by atoms with Gasteiger partial charge in [-0.15, -0.1) is 11.8 Å². The lowest BCUT2D eigenvalue weighted by Gasteiger charge is -2.37. The predicted octanol–water partition coefficient (Wildman–Crippen LogP) is 5.69. The molecule has 3 atom stereocenters. The summed E-state index contributed by atoms with van der Waals surface area (Å²) in [5.41, 5.74) is 0.441. The zero-order valence-electron chi connectivity index (χ0n) is 19.0. The van der Waals surface area contributed by atoms with E-state index in [1.807, 2.05) is 11.8 Å². The number of alkyl halides is 3. The van der Waals surface area contributed by atoms with Crippen molar-refractivity contribution in [2.24, 2.45) is 4.99 Å². The molecular formula is C25H24F4N4OS. The minimum atomic E-state index is -4.50. The Labute approximate surface area is 204 Å². The van der Waals surface area contributed by atoms with Gasteiger partial charge in [-0.1, -0.05) is 12.1 Å². The van der Waals surface area contributed by atoms with E-state index >= 15 is 0 Å². The average molecular weight is 505 g/mol. The van der Waals surface area contributed by atoms with E-state index in [1.165, 1.54) is 34.4 Å². The number of aliphatic imine (C=N–C) groups is 1. The van der Waals surface area contributed by atoms with Gasteiger partial charge in [-0.05, 0) is 56.0 Å². The van der Waals surface area contributed by atoms with Crippen LogP contribution in [0.3, 0.4) is 0 Å². The molecule has 0 radical (unpaired) electrons. The molecule has 3 aromatic rings. The summed E-state index contributed by atoms with van der Waals surface area (Å²) in [6, 6.07) is 7.71. The fraction of sp³-hybridized carbons (Fsp3) is 0.400. The first-order valence-electron chi connectivity index (χ1n) is 11.5. The third-order valence-electron chi connectivity index (χ3n) is 6.55. The summed E-state index contributed by atoms with van der Waals surface area (Å²) in [6.07, 6.45) is 1.56. The molecule has 2 aliphatic heterocycles. The van der Waals surface area contributed by atoms with Crippen LogP contribution in [-0.4, -0.2) is 43.9 Å². The highest BCUT2D eigenvalue weighted by Crippen LogP contribution is 2.41. The van der Waals surface area contributed by atoms with Gasteiger partial charge in [-0.2, -0.15) is 13.2 Å². The van der Waals surface area contributed by atoms with Gasteiger partial charge in [0, 0.05) is 31.4 Å². The van der Waals surface area contributed by atoms with Crippen LogP contribution < -0.4 is 0 Å². The van der Waals surface area contributed by atoms with E-state index in [2.05, 4.69) is 9.98 Å². The highest BCUT2D eigenvalue weighted by Gasteiger charge is 2.40. The molecule has 1 saturated heterocycles. The number of carbonyl (C=O) groups excluding carboxylic acids is 1. The Morgan fingerprint density at radius 1 is 1.17 bits per heavy atom. The van der Waals surface area contributed by atoms with Crippen molar-refractivity contribution < 1.29 is 22.4 Å². The lowest BCUT2D eigenvalue weighted by molar-refractivity contribution is -0.137. The van der Waals surface area contributed by atoms with E-state index in [4.69, 9.17) is 0 Å². The molecule has 2 unspecified atom stereocenters. The van der Waals surface area contributed by atoms with Gasteiger partial charge in [0.15, 0.2) is 0 Å². The number of rotatable bonds is 4. The van der Waals surface area contributed by atoms with E-state index < -0.39 is 17.8 Å². The number of imidazole rings is 1. The Bertz CT molecular complexity index is 1270. The Kier molecular flexibility index (Phi) is 6.33. The monoisotopic (exact) mass is 504 g/mol. The van der Waals surface area contributed by atoms with E-state index in [1.54, 1.807) is 24.5 Å². The summed E-state index contributed by atoms with van der Waals surface area (Å²) in [7, 11) is 0. The molecule has 2 aromatic heterocycles. The minimum Gasteiger partial charge on any atom is -0.337 e. The zero-order chi connectivity index (χ0) is 24.7. The number of halogens is 4. The fourth-order valence-corrected chi connectivity index (χ4v) is 6.07. The van der Waals surface area contributed by atoms with Gasteiger partial charge in [0.2, 0.25) is 5.91 Å². The highest BCUT2D eigenvalue weighted by atomic mass is 32.2. The summed E-state index contributed by atoms with van der Waals surface area (Å²) in [5.74, 6) is -0.442. The molecule has 0 bridgehead atoms. The van der Waals surface area contributed by atoms with E-state index in [0.717, 1.165) is 35.9 Å². The van der Waals surface area contributed by atoms with Crippen LogP contribution in [0.5, 0.6) is 0 Å². The number of nitrogens with zero attached hydrogens (tertiary/aromatic N) is 4. The van der Waals surface area contributed by atoms with Gasteiger partial charge in [-0.25, -0.2) is 9.37 Å². The van der Waals surface area contributed by atoms with Crippen LogP contribution in [0, 0.1) is 5.82 Å². The normalized spacial score (nSPS) is 23.1. The molecule has 2 aliphatic rings. The van der Waals surface area contributed by atoms with Crippen molar-refractivity contribution in [2.45, 2.75) is 56.1 Å². The molecular weight excluding hydrogens is 480 g/mol. The number of hydrogen-bond acceptors (Lipinski definition) is 4. The van der Waals surface area contributed by atoms with Crippen molar-refractivity contribution >= 4 is 28.4 Å². The number of benzene rings is 1. The van der Waals surface area contributed by atoms with Crippen molar-refractivity contribution in [3.63, 3.8) is 0 Å². The number of pyridine rings is 1. The fourth-order valence-electron chi connectivity index (χ4n) is 4.93. The Morgan fingerprint density at radius 3 is 2.69 bits per heavy atom. The van der Waals surface area contributed by atoms with Crippen molar-refractivity contribution in [1.82, 2.24) is 14.3 Å². The number of hydrogen-bond donors (Lipinski definition) is 0. The molecule has 184 valence electrons. The second kappa shape index (κ2) is 9.29. The third-order valence-corrected chi connectivity index (χ3v) is 7.78. The first kappa shape index (κ1) is 23.8. The molecule has 0 N–H and O–H groups in total. The van der Waals surface area contributed by atoms with Crippen molar-refractivity contribution in [3.05, 3.63) is 71.4 Å². The Balaban J connectivity index is 1.40. The van der Waals surface area contributed by atoms with Crippen molar-refractivity contribution in [3.8, 4) is 0 Å². The molecule has 5 rings (SSSR count). The molecule has 35 heavy (non-hydrogen) atoms. The average Bonchev–Trinajstić information content (AvgIpc) is 3.41. The maximum absolute atomic E-state index is 13.7. The lowest BCUT2D eigenvalue weighted by Crippen LogP contribution is -2.49. The smallest absolute Gasteiger partial charge is 0.337 e. The van der Waals surface area contributed by atoms with E-state index in [-0.39, 0.29) is 28.7 Å². The minimum absolute atomic E-state index is 0.104. The van der Waals surface area contributed by atoms with Gasteiger partial charge in [-0.3, -0.25) is 9.79 Å². The van der Waals surface area contributed by atoms with Crippen LogP contribution in [0.4, 0.5) is 17.6 Å². The number of aromatic nitrogens is 2. The van der Waals surface area contributed by atoms with Gasteiger partial charge >= 0.3 is 6.18 Å². The number of likely N-dealkylation sites (tertiary alicyclic amines) is 1. The van der Waals surface area contributed by atoms with Crippen molar-refractivity contribution in [1.29, 1.82) is 0 Å². The van der Waals surface area contributed by atoms with E-state index in [0.29, 0.717) is 18.7 Å². The highest BCUT2D eigenvalue weighted by molar-refractivity contribution is 8.14. The molecule has 4 heterocycles. The quantitative estimate of drug-likeness (QED) is 0.429. The number of carbonyl (C=O) groups is 1. The van der Waals surface area contributed by atoms with Gasteiger partial charge in [0.25, 0.3) is 0 Å². The molecule has 0 aliphatic carbocycles. The van der Waals surface area contributed by atoms with Crippen LogP contribution in [0.1, 0.15) is 48.3 Å². The largest absolute Gasteiger partial charge is 0.419 e. The SMILES string of the molecule is CC1=NC(C(=O)N2CCCC[C@H]2Cc2cn3cccc(C(F)(F)F)c3n2)C(c2ccc(F)cc2)S1. The van der Waals surface area contributed by atoms with E-state index in [9.17, 15) is 22.4 Å². The summed E-state index contributed by atoms with van der Waals surface area (Å²) in [6.45, 7) is 2.42. The predicted molar refractivity (Wildman–Crippen MR) is 127 cm³/mol. The summed E-state index contributed by atoms with van der Waals surface area (Å²) in [5, 5.41) is 0.557. The number of amides is 1. The first-order valence-corrected chi connectivity index (χ1v) is 12.4. The summed E-state index contributed by atoms with van der Waals surface area (Å²) in [4.78, 5) is 24.4. The van der Waals surface area contributed by atoms with Crippen LogP contribution in [0.25, 0.3) is 5.65 Å². The number of thioether (sulfide) groups is 1. The molecule has 1 amide bonds. The number of piperidine rings is 1. The molecule has 5 nitrogen and oxygen atoms in total. The van der Waals surface area contributed by atoms with Crippen LogP contribution in [-0.2, 0) is 17.4 Å². The zero-order valence-corrected chi connectivity index (χ0v) is 19.8. The van der Waals surface area contributed by atoms with Gasteiger partial charge < -0.3 is 9.30 Å². The summed E-state index contributed by atoms with van der Waals surface area (Å²) >= 11 is 1.49. The molecule has 0 spiro atoms. The second-order valence-corrected chi connectivity index (χ2v) is 10.3. The van der Waals surface area contributed by atoms with Gasteiger partial charge in [0.1, 0.15) is 17.5 Å². The van der Waals surface area contributed by atoms with Gasteiger partial charge in [0.05, 0.1) is 21.6 Å². The summed E-state index contributed by atoms with van der Waals surface area (Å²) < 4.78 is 55.1. The standard InChI is InChI=1S/C25H24F4N4OS/c1-15-30-21(22(35-15)16-7-9-17(26)10-8-16)24(34)33-12-3-2-5-19(33)13-18-14-32-11-4-6-20(23(32)31-18)25(27,28)29/h4,6-11,14,19,21-22H,2-3,5,12-13H2,1H3/t19-,21?,22?/m0/s1. The van der Waals surface area contributed by atoms with Crippen LogP contribution >= 0.6 is 11.8 Å². The number of fused-ring (bicyclic) bond motifs is 1. The molecule has 1 fully saturated rings. The Hall–Kier alpha value is -2.88. The topological polar surface area (TPSA) is 50.0 Å². The van der Waals surface area contributed by atoms with Crippen molar-refractivity contribution in [2.75, 3.05) is 6.54 Å². The Morgan fingerprint density at radius 2 is 1.94 bits per heavy atom. The maximum atomic E-state index is 13.7. The lowest BCUT2D eigenvalue weighted by atomic mass is 9.96. The molecule has 0 saturated carbocycles.